The van der Waals surface area contributed by atoms with E-state index in [0.29, 0.717) is 11.6 Å². The van der Waals surface area contributed by atoms with E-state index in [1.807, 2.05) is 31.2 Å². The molecule has 0 spiro atoms. The van der Waals surface area contributed by atoms with Crippen LogP contribution < -0.4 is 11.1 Å². The Morgan fingerprint density at radius 3 is 2.87 bits per heavy atom. The average molecular weight is 223 g/mol. The quantitative estimate of drug-likeness (QED) is 0.765. The van der Waals surface area contributed by atoms with Crippen molar-refractivity contribution in [1.29, 1.82) is 0 Å². The summed E-state index contributed by atoms with van der Waals surface area (Å²) in [6.45, 7) is 2.42. The fourth-order valence-corrected chi connectivity index (χ4v) is 1.57. The lowest BCUT2D eigenvalue weighted by Gasteiger charge is -2.19. The molecule has 2 nitrogen and oxygen atoms in total. The zero-order valence-corrected chi connectivity index (χ0v) is 9.46. The first-order valence-electron chi connectivity index (χ1n) is 4.85. The Bertz CT molecular complexity index is 357. The Balaban J connectivity index is 2.79. The van der Waals surface area contributed by atoms with Gasteiger partial charge in [0.1, 0.15) is 0 Å². The molecule has 3 N–H and O–H groups in total. The largest absolute Gasteiger partial charge is 0.329 e. The average Bonchev–Trinajstić information content (AvgIpc) is 2.25. The van der Waals surface area contributed by atoms with E-state index >= 15 is 0 Å². The number of terminal acetylenes is 1. The molecule has 2 atom stereocenters. The maximum atomic E-state index is 5.91. The van der Waals surface area contributed by atoms with Crippen molar-refractivity contribution in [2.24, 2.45) is 5.73 Å². The van der Waals surface area contributed by atoms with Gasteiger partial charge in [-0.05, 0) is 24.6 Å². The molecule has 1 rings (SSSR count). The van der Waals surface area contributed by atoms with Crippen LogP contribution in [0.2, 0.25) is 5.02 Å². The summed E-state index contributed by atoms with van der Waals surface area (Å²) >= 11 is 5.91. The van der Waals surface area contributed by atoms with Crippen LogP contribution in [0.25, 0.3) is 0 Å². The van der Waals surface area contributed by atoms with Crippen molar-refractivity contribution in [2.45, 2.75) is 19.0 Å². The van der Waals surface area contributed by atoms with Crippen LogP contribution in [0.5, 0.6) is 0 Å². The Hall–Kier alpha value is -1.01. The van der Waals surface area contributed by atoms with Crippen molar-refractivity contribution in [2.75, 3.05) is 6.54 Å². The van der Waals surface area contributed by atoms with Crippen molar-refractivity contribution >= 4 is 11.6 Å². The molecule has 0 aliphatic rings. The molecule has 0 fully saturated rings. The minimum atomic E-state index is -0.00229. The van der Waals surface area contributed by atoms with Gasteiger partial charge in [0.05, 0.1) is 6.04 Å². The first-order valence-corrected chi connectivity index (χ1v) is 5.23. The van der Waals surface area contributed by atoms with Crippen molar-refractivity contribution in [3.8, 4) is 12.3 Å². The van der Waals surface area contributed by atoms with Crippen LogP contribution in [-0.4, -0.2) is 12.6 Å². The highest BCUT2D eigenvalue weighted by Crippen LogP contribution is 2.17. The summed E-state index contributed by atoms with van der Waals surface area (Å²) in [7, 11) is 0. The van der Waals surface area contributed by atoms with Crippen molar-refractivity contribution in [1.82, 2.24) is 5.32 Å². The lowest BCUT2D eigenvalue weighted by atomic mass is 10.1. The van der Waals surface area contributed by atoms with Crippen molar-refractivity contribution in [3.63, 3.8) is 0 Å². The Kier molecular flexibility index (Phi) is 4.64. The van der Waals surface area contributed by atoms with Crippen LogP contribution in [0.4, 0.5) is 0 Å². The molecule has 0 aliphatic carbocycles. The molecule has 0 heterocycles. The number of halogens is 1. The maximum absolute atomic E-state index is 5.91. The highest BCUT2D eigenvalue weighted by molar-refractivity contribution is 6.30. The summed E-state index contributed by atoms with van der Waals surface area (Å²) < 4.78 is 0. The number of benzene rings is 1. The van der Waals surface area contributed by atoms with Gasteiger partial charge in [0, 0.05) is 17.6 Å². The molecule has 2 unspecified atom stereocenters. The normalized spacial score (nSPS) is 14.3. The molecule has 0 aliphatic heterocycles. The van der Waals surface area contributed by atoms with Crippen molar-refractivity contribution in [3.05, 3.63) is 34.9 Å². The molecule has 0 saturated heterocycles. The Labute approximate surface area is 95.8 Å². The van der Waals surface area contributed by atoms with Gasteiger partial charge in [0.15, 0.2) is 0 Å². The van der Waals surface area contributed by atoms with E-state index < -0.39 is 0 Å². The van der Waals surface area contributed by atoms with Gasteiger partial charge in [-0.3, -0.25) is 5.32 Å². The summed E-state index contributed by atoms with van der Waals surface area (Å²) in [5.74, 6) is 2.61. The van der Waals surface area contributed by atoms with Gasteiger partial charge >= 0.3 is 0 Å². The third kappa shape index (κ3) is 3.56. The van der Waals surface area contributed by atoms with Gasteiger partial charge in [0.25, 0.3) is 0 Å². The van der Waals surface area contributed by atoms with Gasteiger partial charge in [-0.15, -0.1) is 6.42 Å². The first-order chi connectivity index (χ1) is 7.17. The standard InChI is InChI=1S/C12H15ClN2/c1-3-9(2)15-12(8-14)10-5-4-6-11(13)7-10/h1,4-7,9,12,15H,8,14H2,2H3. The van der Waals surface area contributed by atoms with E-state index in [4.69, 9.17) is 23.8 Å². The van der Waals surface area contributed by atoms with Crippen LogP contribution in [0, 0.1) is 12.3 Å². The zero-order valence-electron chi connectivity index (χ0n) is 8.70. The molecule has 80 valence electrons. The first kappa shape index (κ1) is 12.1. The second-order valence-electron chi connectivity index (χ2n) is 3.40. The van der Waals surface area contributed by atoms with Crippen LogP contribution in [0.1, 0.15) is 18.5 Å². The molecule has 1 aromatic rings. The number of nitrogens with one attached hydrogen (secondary N) is 1. The monoisotopic (exact) mass is 222 g/mol. The molecular formula is C12H15ClN2. The Morgan fingerprint density at radius 2 is 2.33 bits per heavy atom. The fourth-order valence-electron chi connectivity index (χ4n) is 1.37. The third-order valence-corrected chi connectivity index (χ3v) is 2.42. The lowest BCUT2D eigenvalue weighted by Crippen LogP contribution is -2.34. The molecule has 0 aromatic heterocycles. The molecule has 15 heavy (non-hydrogen) atoms. The molecule has 1 aromatic carbocycles. The predicted octanol–water partition coefficient (Wildman–Crippen LogP) is 1.95. The number of rotatable bonds is 4. The summed E-state index contributed by atoms with van der Waals surface area (Å²) in [6, 6.07) is 7.67. The second kappa shape index (κ2) is 5.77. The van der Waals surface area contributed by atoms with E-state index in [-0.39, 0.29) is 12.1 Å². The van der Waals surface area contributed by atoms with Crippen LogP contribution in [-0.2, 0) is 0 Å². The maximum Gasteiger partial charge on any atom is 0.0663 e. The number of nitrogens with two attached hydrogens (primary N) is 1. The molecule has 0 bridgehead atoms. The second-order valence-corrected chi connectivity index (χ2v) is 3.83. The minimum absolute atomic E-state index is 0.00229. The lowest BCUT2D eigenvalue weighted by molar-refractivity contribution is 0.518. The summed E-state index contributed by atoms with van der Waals surface area (Å²) in [4.78, 5) is 0. The van der Waals surface area contributed by atoms with E-state index in [0.717, 1.165) is 5.56 Å². The molecular weight excluding hydrogens is 208 g/mol. The van der Waals surface area contributed by atoms with Gasteiger partial charge < -0.3 is 5.73 Å². The summed E-state index contributed by atoms with van der Waals surface area (Å²) in [5.41, 5.74) is 6.75. The van der Waals surface area contributed by atoms with E-state index in [9.17, 15) is 0 Å². The van der Waals surface area contributed by atoms with Gasteiger partial charge in [-0.2, -0.15) is 0 Å². The van der Waals surface area contributed by atoms with Crippen LogP contribution >= 0.6 is 11.6 Å². The SMILES string of the molecule is C#CC(C)NC(CN)c1cccc(Cl)c1. The molecule has 3 heteroatoms. The smallest absolute Gasteiger partial charge is 0.0663 e. The Morgan fingerprint density at radius 1 is 1.60 bits per heavy atom. The predicted molar refractivity (Wildman–Crippen MR) is 64.7 cm³/mol. The minimum Gasteiger partial charge on any atom is -0.329 e. The number of hydrogen-bond donors (Lipinski definition) is 2. The van der Waals surface area contributed by atoms with Crippen molar-refractivity contribution < 1.29 is 0 Å². The molecule has 0 radical (unpaired) electrons. The highest BCUT2D eigenvalue weighted by atomic mass is 35.5. The van der Waals surface area contributed by atoms with Gasteiger partial charge in [-0.25, -0.2) is 0 Å². The topological polar surface area (TPSA) is 38.0 Å². The summed E-state index contributed by atoms with van der Waals surface area (Å²) in [5, 5.41) is 3.95. The summed E-state index contributed by atoms with van der Waals surface area (Å²) in [6.07, 6.45) is 5.30. The van der Waals surface area contributed by atoms with Crippen LogP contribution in [0.3, 0.4) is 0 Å². The van der Waals surface area contributed by atoms with Crippen LogP contribution in [0.15, 0.2) is 24.3 Å². The van der Waals surface area contributed by atoms with Gasteiger partial charge in [0.2, 0.25) is 0 Å². The van der Waals surface area contributed by atoms with E-state index in [1.54, 1.807) is 0 Å². The fraction of sp³-hybridized carbons (Fsp3) is 0.333. The van der Waals surface area contributed by atoms with E-state index in [2.05, 4.69) is 11.2 Å². The number of hydrogen-bond acceptors (Lipinski definition) is 2. The molecule has 0 saturated carbocycles. The third-order valence-electron chi connectivity index (χ3n) is 2.19. The van der Waals surface area contributed by atoms with Gasteiger partial charge in [-0.1, -0.05) is 29.7 Å². The zero-order chi connectivity index (χ0) is 11.3. The molecule has 0 amide bonds. The van der Waals surface area contributed by atoms with E-state index in [1.165, 1.54) is 0 Å². The highest BCUT2D eigenvalue weighted by Gasteiger charge is 2.11.